The highest BCUT2D eigenvalue weighted by Gasteiger charge is 2.32. The Labute approximate surface area is 93.8 Å². The van der Waals surface area contributed by atoms with Gasteiger partial charge in [0.25, 0.3) is 0 Å². The monoisotopic (exact) mass is 211 g/mol. The highest BCUT2D eigenvalue weighted by molar-refractivity contribution is 4.86. The summed E-state index contributed by atoms with van der Waals surface area (Å²) in [4.78, 5) is 0. The van der Waals surface area contributed by atoms with Crippen molar-refractivity contribution in [1.29, 1.82) is 0 Å². The normalized spacial score (nSPS) is 38.4. The summed E-state index contributed by atoms with van der Waals surface area (Å²) in [5.74, 6) is 1.81. The zero-order valence-corrected chi connectivity index (χ0v) is 10.2. The fraction of sp³-hybridized carbons (Fsp3) is 1.00. The van der Waals surface area contributed by atoms with Gasteiger partial charge in [0.15, 0.2) is 0 Å². The summed E-state index contributed by atoms with van der Waals surface area (Å²) in [5, 5.41) is 3.76. The molecule has 0 spiro atoms. The van der Waals surface area contributed by atoms with Gasteiger partial charge in [0, 0.05) is 25.3 Å². The van der Waals surface area contributed by atoms with Crippen LogP contribution in [0.5, 0.6) is 0 Å². The molecule has 0 aromatic carbocycles. The third kappa shape index (κ3) is 2.94. The second-order valence-electron chi connectivity index (χ2n) is 5.37. The molecule has 1 saturated carbocycles. The van der Waals surface area contributed by atoms with Crippen molar-refractivity contribution in [1.82, 2.24) is 5.32 Å². The van der Waals surface area contributed by atoms with Crippen molar-refractivity contribution in [3.05, 3.63) is 0 Å². The lowest BCUT2D eigenvalue weighted by molar-refractivity contribution is -0.00861. The topological polar surface area (TPSA) is 21.3 Å². The molecule has 88 valence electrons. The maximum atomic E-state index is 5.56. The van der Waals surface area contributed by atoms with E-state index >= 15 is 0 Å². The van der Waals surface area contributed by atoms with E-state index in [2.05, 4.69) is 19.2 Å². The Morgan fingerprint density at radius 2 is 2.13 bits per heavy atom. The van der Waals surface area contributed by atoms with E-state index < -0.39 is 0 Å². The van der Waals surface area contributed by atoms with Crippen LogP contribution in [0.2, 0.25) is 0 Å². The van der Waals surface area contributed by atoms with Gasteiger partial charge in [-0.25, -0.2) is 0 Å². The number of ether oxygens (including phenoxy) is 1. The molecule has 1 saturated heterocycles. The number of hydrogen-bond donors (Lipinski definition) is 1. The Kier molecular flexibility index (Phi) is 4.04. The van der Waals surface area contributed by atoms with E-state index in [1.807, 2.05) is 0 Å². The van der Waals surface area contributed by atoms with E-state index in [1.165, 1.54) is 32.1 Å². The molecule has 4 atom stereocenters. The van der Waals surface area contributed by atoms with Crippen LogP contribution in [0.1, 0.15) is 46.0 Å². The molecular weight excluding hydrogens is 186 g/mol. The summed E-state index contributed by atoms with van der Waals surface area (Å²) in [5.41, 5.74) is 0. The molecule has 0 radical (unpaired) electrons. The Morgan fingerprint density at radius 1 is 1.27 bits per heavy atom. The Hall–Kier alpha value is -0.0800. The van der Waals surface area contributed by atoms with Crippen molar-refractivity contribution in [2.24, 2.45) is 11.8 Å². The molecule has 1 N–H and O–H groups in total. The van der Waals surface area contributed by atoms with Crippen LogP contribution >= 0.6 is 0 Å². The fourth-order valence-corrected chi connectivity index (χ4v) is 3.04. The molecule has 2 nitrogen and oxygen atoms in total. The van der Waals surface area contributed by atoms with E-state index in [9.17, 15) is 0 Å². The molecule has 2 aliphatic rings. The average molecular weight is 211 g/mol. The fourth-order valence-electron chi connectivity index (χ4n) is 3.04. The number of rotatable bonds is 3. The zero-order valence-electron chi connectivity index (χ0n) is 10.2. The minimum absolute atomic E-state index is 0.686. The lowest BCUT2D eigenvalue weighted by Gasteiger charge is -2.40. The second kappa shape index (κ2) is 5.31. The van der Waals surface area contributed by atoms with E-state index in [0.29, 0.717) is 6.04 Å². The molecule has 0 amide bonds. The zero-order chi connectivity index (χ0) is 10.7. The molecule has 0 bridgehead atoms. The molecule has 1 heterocycles. The van der Waals surface area contributed by atoms with E-state index in [4.69, 9.17) is 4.74 Å². The van der Waals surface area contributed by atoms with Gasteiger partial charge in [0.05, 0.1) is 0 Å². The van der Waals surface area contributed by atoms with E-state index in [0.717, 1.165) is 31.1 Å². The van der Waals surface area contributed by atoms with Gasteiger partial charge in [0.1, 0.15) is 0 Å². The van der Waals surface area contributed by atoms with Crippen molar-refractivity contribution in [3.8, 4) is 0 Å². The molecule has 2 fully saturated rings. The van der Waals surface area contributed by atoms with Gasteiger partial charge in [-0.1, -0.05) is 6.92 Å². The highest BCUT2D eigenvalue weighted by atomic mass is 16.5. The lowest BCUT2D eigenvalue weighted by atomic mass is 9.74. The maximum absolute atomic E-state index is 5.56. The van der Waals surface area contributed by atoms with Gasteiger partial charge in [-0.05, 0) is 50.9 Å². The van der Waals surface area contributed by atoms with Gasteiger partial charge in [0.2, 0.25) is 0 Å². The van der Waals surface area contributed by atoms with Crippen LogP contribution in [-0.4, -0.2) is 25.3 Å². The highest BCUT2D eigenvalue weighted by Crippen LogP contribution is 2.35. The number of fused-ring (bicyclic) bond motifs is 1. The molecule has 2 heteroatoms. The summed E-state index contributed by atoms with van der Waals surface area (Å²) in [6, 6.07) is 1.46. The molecule has 0 aromatic rings. The molecular formula is C13H25NO. The molecule has 2 rings (SSSR count). The Morgan fingerprint density at radius 3 is 2.93 bits per heavy atom. The van der Waals surface area contributed by atoms with E-state index in [-0.39, 0.29) is 0 Å². The summed E-state index contributed by atoms with van der Waals surface area (Å²) >= 11 is 0. The predicted octanol–water partition coefficient (Wildman–Crippen LogP) is 2.58. The van der Waals surface area contributed by atoms with Crippen molar-refractivity contribution < 1.29 is 4.74 Å². The number of nitrogens with one attached hydrogen (secondary N) is 1. The third-order valence-corrected chi connectivity index (χ3v) is 4.24. The molecule has 1 aliphatic heterocycles. The van der Waals surface area contributed by atoms with Crippen molar-refractivity contribution in [3.63, 3.8) is 0 Å². The van der Waals surface area contributed by atoms with Gasteiger partial charge in [-0.3, -0.25) is 0 Å². The smallest absolute Gasteiger partial charge is 0.0496 e. The van der Waals surface area contributed by atoms with Crippen molar-refractivity contribution in [2.45, 2.75) is 58.0 Å². The van der Waals surface area contributed by atoms with Crippen LogP contribution in [-0.2, 0) is 4.74 Å². The predicted molar refractivity (Wildman–Crippen MR) is 62.9 cm³/mol. The Balaban J connectivity index is 1.80. The molecule has 0 aromatic heterocycles. The minimum atomic E-state index is 0.686. The maximum Gasteiger partial charge on any atom is 0.0496 e. The van der Waals surface area contributed by atoms with Crippen LogP contribution in [0.25, 0.3) is 0 Å². The first-order chi connectivity index (χ1) is 7.29. The number of hydrogen-bond acceptors (Lipinski definition) is 2. The SMILES string of the molecule is CCC(C)NC1CCC2COCCC2C1. The lowest BCUT2D eigenvalue weighted by Crippen LogP contribution is -2.44. The molecule has 4 unspecified atom stereocenters. The Bertz CT molecular complexity index is 195. The summed E-state index contributed by atoms with van der Waals surface area (Å²) < 4.78 is 5.56. The summed E-state index contributed by atoms with van der Waals surface area (Å²) in [6.07, 6.45) is 6.66. The average Bonchev–Trinajstić information content (AvgIpc) is 2.29. The first kappa shape index (κ1) is 11.4. The molecule has 15 heavy (non-hydrogen) atoms. The molecule has 1 aliphatic carbocycles. The van der Waals surface area contributed by atoms with Crippen molar-refractivity contribution >= 4 is 0 Å². The first-order valence-corrected chi connectivity index (χ1v) is 6.63. The second-order valence-corrected chi connectivity index (χ2v) is 5.37. The van der Waals surface area contributed by atoms with Crippen LogP contribution in [0, 0.1) is 11.8 Å². The van der Waals surface area contributed by atoms with Crippen LogP contribution in [0.15, 0.2) is 0 Å². The summed E-state index contributed by atoms with van der Waals surface area (Å²) in [7, 11) is 0. The van der Waals surface area contributed by atoms with Gasteiger partial charge >= 0.3 is 0 Å². The standard InChI is InChI=1S/C13H25NO/c1-3-10(2)14-13-5-4-12-9-15-7-6-11(12)8-13/h10-14H,3-9H2,1-2H3. The van der Waals surface area contributed by atoms with Gasteiger partial charge < -0.3 is 10.1 Å². The van der Waals surface area contributed by atoms with Gasteiger partial charge in [-0.15, -0.1) is 0 Å². The van der Waals surface area contributed by atoms with Crippen LogP contribution in [0.4, 0.5) is 0 Å². The van der Waals surface area contributed by atoms with E-state index in [1.54, 1.807) is 0 Å². The van der Waals surface area contributed by atoms with Crippen LogP contribution < -0.4 is 5.32 Å². The first-order valence-electron chi connectivity index (χ1n) is 6.63. The largest absolute Gasteiger partial charge is 0.381 e. The van der Waals surface area contributed by atoms with Crippen molar-refractivity contribution in [2.75, 3.05) is 13.2 Å². The summed E-state index contributed by atoms with van der Waals surface area (Å²) in [6.45, 7) is 6.59. The third-order valence-electron chi connectivity index (χ3n) is 4.24. The van der Waals surface area contributed by atoms with Gasteiger partial charge in [-0.2, -0.15) is 0 Å². The minimum Gasteiger partial charge on any atom is -0.381 e. The van der Waals surface area contributed by atoms with Crippen LogP contribution in [0.3, 0.4) is 0 Å². The quantitative estimate of drug-likeness (QED) is 0.774.